The molecule has 1 rings (SSSR count). The van der Waals surface area contributed by atoms with Crippen LogP contribution in [0.1, 0.15) is 19.8 Å². The molecule has 2 heteroatoms. The van der Waals surface area contributed by atoms with Gasteiger partial charge in [-0.3, -0.25) is 0 Å². The third-order valence-electron chi connectivity index (χ3n) is 2.24. The molecular weight excluding hydrogens is 189 g/mol. The number of rotatable bonds is 5. The number of unbranched alkanes of at least 4 members (excludes halogenated alkanes) is 1. The van der Waals surface area contributed by atoms with Gasteiger partial charge in [0.05, 0.1) is 0 Å². The van der Waals surface area contributed by atoms with Crippen molar-refractivity contribution in [2.75, 3.05) is 25.2 Å². The molecule has 0 saturated carbocycles. The molecule has 1 nitrogen and oxygen atoms in total. The van der Waals surface area contributed by atoms with E-state index in [4.69, 9.17) is 0 Å². The highest BCUT2D eigenvalue weighted by Gasteiger charge is 1.95. The van der Waals surface area contributed by atoms with Gasteiger partial charge in [0.25, 0.3) is 0 Å². The maximum atomic E-state index is 2.25. The standard InChI is InChI=1S/C12H20NP/c1-4-5-10-14-12-8-6-11(7-9-12)13(2)3/h6-9,14H,4-5,10H2,1-3H3. The fourth-order valence-corrected chi connectivity index (χ4v) is 2.51. The van der Waals surface area contributed by atoms with Crippen molar-refractivity contribution >= 4 is 19.6 Å². The predicted octanol–water partition coefficient (Wildman–Crippen LogP) is 2.86. The molecule has 1 atom stereocenters. The van der Waals surface area contributed by atoms with E-state index in [0.717, 1.165) is 8.58 Å². The van der Waals surface area contributed by atoms with Crippen LogP contribution in [0.5, 0.6) is 0 Å². The summed E-state index contributed by atoms with van der Waals surface area (Å²) in [5.41, 5.74) is 1.29. The van der Waals surface area contributed by atoms with E-state index in [2.05, 4.69) is 50.2 Å². The molecule has 1 aromatic rings. The van der Waals surface area contributed by atoms with E-state index in [-0.39, 0.29) is 0 Å². The van der Waals surface area contributed by atoms with Crippen LogP contribution in [0, 0.1) is 0 Å². The van der Waals surface area contributed by atoms with Crippen molar-refractivity contribution in [3.05, 3.63) is 24.3 Å². The van der Waals surface area contributed by atoms with Gasteiger partial charge in [0, 0.05) is 19.8 Å². The van der Waals surface area contributed by atoms with Crippen molar-refractivity contribution in [3.8, 4) is 0 Å². The minimum atomic E-state index is 0.983. The summed E-state index contributed by atoms with van der Waals surface area (Å²) < 4.78 is 0. The van der Waals surface area contributed by atoms with E-state index < -0.39 is 0 Å². The Kier molecular flexibility index (Phi) is 4.97. The molecule has 0 radical (unpaired) electrons. The summed E-state index contributed by atoms with van der Waals surface area (Å²) >= 11 is 0. The number of hydrogen-bond donors (Lipinski definition) is 0. The predicted molar refractivity (Wildman–Crippen MR) is 68.5 cm³/mol. The van der Waals surface area contributed by atoms with Gasteiger partial charge in [-0.2, -0.15) is 0 Å². The molecule has 0 bridgehead atoms. The summed E-state index contributed by atoms with van der Waals surface area (Å²) in [6.45, 7) is 2.25. The zero-order valence-electron chi connectivity index (χ0n) is 9.38. The Morgan fingerprint density at radius 2 is 1.79 bits per heavy atom. The second-order valence-corrected chi connectivity index (χ2v) is 5.15. The summed E-state index contributed by atoms with van der Waals surface area (Å²) in [6.07, 6.45) is 4.01. The van der Waals surface area contributed by atoms with Gasteiger partial charge >= 0.3 is 0 Å². The zero-order valence-corrected chi connectivity index (χ0v) is 10.4. The third-order valence-corrected chi connectivity index (χ3v) is 3.59. The summed E-state index contributed by atoms with van der Waals surface area (Å²) in [7, 11) is 5.14. The van der Waals surface area contributed by atoms with Gasteiger partial charge in [-0.25, -0.2) is 0 Å². The quantitative estimate of drug-likeness (QED) is 0.532. The molecule has 1 unspecified atom stereocenters. The maximum absolute atomic E-state index is 2.25. The summed E-state index contributed by atoms with van der Waals surface area (Å²) in [5.74, 6) is 0. The van der Waals surface area contributed by atoms with E-state index in [1.54, 1.807) is 0 Å². The number of nitrogens with zero attached hydrogens (tertiary/aromatic N) is 1. The topological polar surface area (TPSA) is 3.24 Å². The Hall–Kier alpha value is -0.550. The van der Waals surface area contributed by atoms with Gasteiger partial charge in [0.2, 0.25) is 0 Å². The Morgan fingerprint density at radius 3 is 2.29 bits per heavy atom. The van der Waals surface area contributed by atoms with Crippen molar-refractivity contribution in [2.45, 2.75) is 19.8 Å². The molecule has 0 spiro atoms. The number of benzene rings is 1. The van der Waals surface area contributed by atoms with E-state index in [9.17, 15) is 0 Å². The highest BCUT2D eigenvalue weighted by Crippen LogP contribution is 2.15. The fourth-order valence-electron chi connectivity index (χ4n) is 1.29. The smallest absolute Gasteiger partial charge is 0.0361 e. The van der Waals surface area contributed by atoms with Gasteiger partial charge in [-0.05, 0) is 30.0 Å². The molecule has 78 valence electrons. The van der Waals surface area contributed by atoms with Crippen LogP contribution in [0.2, 0.25) is 0 Å². The average Bonchev–Trinajstić information content (AvgIpc) is 2.19. The lowest BCUT2D eigenvalue weighted by Gasteiger charge is -2.12. The minimum Gasteiger partial charge on any atom is -0.378 e. The summed E-state index contributed by atoms with van der Waals surface area (Å²) in [4.78, 5) is 2.14. The van der Waals surface area contributed by atoms with Crippen LogP contribution in [0.15, 0.2) is 24.3 Å². The highest BCUT2D eigenvalue weighted by molar-refractivity contribution is 7.47. The molecule has 0 aliphatic heterocycles. The van der Waals surface area contributed by atoms with Gasteiger partial charge in [-0.15, -0.1) is 0 Å². The molecule has 0 amide bonds. The lowest BCUT2D eigenvalue weighted by molar-refractivity contribution is 0.895. The van der Waals surface area contributed by atoms with Crippen molar-refractivity contribution in [2.24, 2.45) is 0 Å². The third kappa shape index (κ3) is 3.67. The van der Waals surface area contributed by atoms with E-state index in [1.807, 2.05) is 0 Å². The Balaban J connectivity index is 2.47. The first-order chi connectivity index (χ1) is 6.74. The van der Waals surface area contributed by atoms with Gasteiger partial charge in [0.1, 0.15) is 0 Å². The molecule has 0 saturated heterocycles. The largest absolute Gasteiger partial charge is 0.378 e. The normalized spacial score (nSPS) is 11.1. The van der Waals surface area contributed by atoms with Gasteiger partial charge in [0.15, 0.2) is 0 Å². The summed E-state index contributed by atoms with van der Waals surface area (Å²) in [6, 6.07) is 8.91. The van der Waals surface area contributed by atoms with Crippen LogP contribution in [0.3, 0.4) is 0 Å². The molecule has 14 heavy (non-hydrogen) atoms. The molecule has 0 N–H and O–H groups in total. The summed E-state index contributed by atoms with van der Waals surface area (Å²) in [5, 5.41) is 1.49. The van der Waals surface area contributed by atoms with Crippen molar-refractivity contribution in [1.82, 2.24) is 0 Å². The molecule has 0 aromatic heterocycles. The SMILES string of the molecule is CCCCPc1ccc(N(C)C)cc1. The Bertz CT molecular complexity index is 254. The highest BCUT2D eigenvalue weighted by atomic mass is 31.1. The van der Waals surface area contributed by atoms with Crippen molar-refractivity contribution in [1.29, 1.82) is 0 Å². The monoisotopic (exact) mass is 209 g/mol. The molecule has 0 heterocycles. The van der Waals surface area contributed by atoms with Crippen molar-refractivity contribution < 1.29 is 0 Å². The van der Waals surface area contributed by atoms with Gasteiger partial charge < -0.3 is 4.90 Å². The maximum Gasteiger partial charge on any atom is 0.0361 e. The first-order valence-electron chi connectivity index (χ1n) is 5.25. The molecule has 1 aromatic carbocycles. The first-order valence-corrected chi connectivity index (χ1v) is 6.46. The Labute approximate surface area is 89.3 Å². The fraction of sp³-hybridized carbons (Fsp3) is 0.500. The zero-order chi connectivity index (χ0) is 10.4. The lowest BCUT2D eigenvalue weighted by atomic mass is 10.3. The van der Waals surface area contributed by atoms with E-state index >= 15 is 0 Å². The van der Waals surface area contributed by atoms with Gasteiger partial charge in [-0.1, -0.05) is 34.1 Å². The van der Waals surface area contributed by atoms with Crippen LogP contribution < -0.4 is 10.2 Å². The van der Waals surface area contributed by atoms with Crippen LogP contribution in [0.4, 0.5) is 5.69 Å². The molecular formula is C12H20NP. The van der Waals surface area contributed by atoms with Crippen molar-refractivity contribution in [3.63, 3.8) is 0 Å². The molecule has 0 aliphatic carbocycles. The van der Waals surface area contributed by atoms with Crippen LogP contribution in [0.25, 0.3) is 0 Å². The van der Waals surface area contributed by atoms with Crippen LogP contribution in [-0.2, 0) is 0 Å². The average molecular weight is 209 g/mol. The van der Waals surface area contributed by atoms with Crippen LogP contribution >= 0.6 is 8.58 Å². The minimum absolute atomic E-state index is 0.983. The number of anilines is 1. The second kappa shape index (κ2) is 6.03. The molecule has 0 fully saturated rings. The second-order valence-electron chi connectivity index (χ2n) is 3.72. The van der Waals surface area contributed by atoms with Crippen LogP contribution in [-0.4, -0.2) is 20.3 Å². The first kappa shape index (κ1) is 11.5. The lowest BCUT2D eigenvalue weighted by Crippen LogP contribution is -2.09. The van der Waals surface area contributed by atoms with E-state index in [0.29, 0.717) is 0 Å². The number of hydrogen-bond acceptors (Lipinski definition) is 1. The Morgan fingerprint density at radius 1 is 1.14 bits per heavy atom. The van der Waals surface area contributed by atoms with E-state index in [1.165, 1.54) is 30.0 Å². The molecule has 0 aliphatic rings.